The van der Waals surface area contributed by atoms with Crippen molar-refractivity contribution in [1.29, 1.82) is 0 Å². The highest BCUT2D eigenvalue weighted by Gasteiger charge is 2.39. The van der Waals surface area contributed by atoms with Gasteiger partial charge in [0, 0.05) is 27.2 Å². The van der Waals surface area contributed by atoms with Crippen molar-refractivity contribution in [1.82, 2.24) is 29.2 Å². The predicted octanol–water partition coefficient (Wildman–Crippen LogP) is 0.751. The molecule has 3 aromatic heterocycles. The van der Waals surface area contributed by atoms with Crippen LogP contribution in [0.4, 0.5) is 5.82 Å². The Morgan fingerprint density at radius 2 is 2.14 bits per heavy atom. The van der Waals surface area contributed by atoms with Gasteiger partial charge in [0.15, 0.2) is 11.3 Å². The van der Waals surface area contributed by atoms with E-state index >= 15 is 0 Å². The number of fused-ring (bicyclic) bond motifs is 1. The van der Waals surface area contributed by atoms with Gasteiger partial charge in [-0.15, -0.1) is 5.16 Å². The number of imidazole rings is 1. The van der Waals surface area contributed by atoms with Crippen molar-refractivity contribution in [3.8, 4) is 11.8 Å². The summed E-state index contributed by atoms with van der Waals surface area (Å²) >= 11 is 0. The van der Waals surface area contributed by atoms with Gasteiger partial charge in [-0.2, -0.15) is 5.10 Å². The number of carbonyl (C=O) groups excluding carboxylic acids is 2. The van der Waals surface area contributed by atoms with Gasteiger partial charge in [0.05, 0.1) is 18.2 Å². The third-order valence-electron chi connectivity index (χ3n) is 6.47. The van der Waals surface area contributed by atoms with Gasteiger partial charge in [-0.1, -0.05) is 6.58 Å². The highest BCUT2D eigenvalue weighted by molar-refractivity contribution is 6.15. The molecular formula is C25H29N8O3Si-. The van der Waals surface area contributed by atoms with Gasteiger partial charge in [0.2, 0.25) is 5.91 Å². The molecule has 2 atom stereocenters. The summed E-state index contributed by atoms with van der Waals surface area (Å²) in [5.74, 6) is 6.31. The zero-order valence-electron chi connectivity index (χ0n) is 21.3. The van der Waals surface area contributed by atoms with Crippen molar-refractivity contribution in [2.75, 3.05) is 32.6 Å². The minimum atomic E-state index is -0.841. The molecule has 0 unspecified atom stereocenters. The molecule has 2 amide bonds. The maximum absolute atomic E-state index is 12.5. The van der Waals surface area contributed by atoms with E-state index in [0.29, 0.717) is 30.2 Å². The first kappa shape index (κ1) is 26.1. The van der Waals surface area contributed by atoms with Gasteiger partial charge in [0.1, 0.15) is 22.9 Å². The lowest BCUT2D eigenvalue weighted by molar-refractivity contribution is -0.127. The summed E-state index contributed by atoms with van der Waals surface area (Å²) in [5.41, 5.74) is 8.12. The van der Waals surface area contributed by atoms with Crippen LogP contribution in [0.2, 0.25) is 0 Å². The molecular weight excluding hydrogens is 488 g/mol. The second-order valence-electron chi connectivity index (χ2n) is 8.81. The summed E-state index contributed by atoms with van der Waals surface area (Å²) in [6, 6.07) is 3.50. The van der Waals surface area contributed by atoms with Crippen molar-refractivity contribution in [3.63, 3.8) is 0 Å². The fraction of sp³-hybridized carbons (Fsp3) is 0.400. The third kappa shape index (κ3) is 4.63. The molecule has 4 rings (SSSR count). The molecule has 1 saturated heterocycles. The van der Waals surface area contributed by atoms with Crippen LogP contribution in [-0.4, -0.2) is 84.6 Å². The first-order chi connectivity index (χ1) is 17.7. The molecule has 2 radical (unpaired) electrons. The quantitative estimate of drug-likeness (QED) is 0.268. The monoisotopic (exact) mass is 517 g/mol. The smallest absolute Gasteiger partial charge is 0.255 e. The number of rotatable bonds is 7. The Bertz CT molecular complexity index is 1450. The van der Waals surface area contributed by atoms with E-state index in [4.69, 9.17) is 10.5 Å². The molecule has 0 spiro atoms. The number of pyridine rings is 1. The van der Waals surface area contributed by atoms with Crippen molar-refractivity contribution >= 4 is 39.0 Å². The van der Waals surface area contributed by atoms with Crippen LogP contribution >= 0.6 is 0 Å². The summed E-state index contributed by atoms with van der Waals surface area (Å²) < 4.78 is 9.02. The van der Waals surface area contributed by atoms with E-state index in [-0.39, 0.29) is 29.8 Å². The molecule has 0 aromatic carbocycles. The fourth-order valence-electron chi connectivity index (χ4n) is 4.84. The highest BCUT2D eigenvalue weighted by atomic mass is 28.1. The maximum Gasteiger partial charge on any atom is 0.255 e. The number of carbonyl (C=O) groups is 2. The summed E-state index contributed by atoms with van der Waals surface area (Å²) in [7, 11) is 7.10. The number of nitrogens with two attached hydrogens (primary N) is 1. The minimum Gasteiger partial charge on any atom is -0.630 e. The van der Waals surface area contributed by atoms with Crippen molar-refractivity contribution in [2.45, 2.75) is 38.0 Å². The molecule has 1 fully saturated rings. The average Bonchev–Trinajstić information content (AvgIpc) is 3.52. The van der Waals surface area contributed by atoms with Crippen LogP contribution in [0.25, 0.3) is 11.2 Å². The van der Waals surface area contributed by atoms with Crippen molar-refractivity contribution in [3.05, 3.63) is 47.6 Å². The molecule has 1 aliphatic heterocycles. The number of nitrogens with one attached hydrogen (secondary N) is 1. The normalized spacial score (nSPS) is 19.1. The van der Waals surface area contributed by atoms with Gasteiger partial charge in [-0.05, 0) is 50.3 Å². The zero-order chi connectivity index (χ0) is 26.9. The number of likely N-dealkylation sites (tertiary alicyclic amines) is 1. The van der Waals surface area contributed by atoms with Gasteiger partial charge < -0.3 is 35.5 Å². The first-order valence-electron chi connectivity index (χ1n) is 11.8. The van der Waals surface area contributed by atoms with E-state index in [2.05, 4.69) is 53.6 Å². The van der Waals surface area contributed by atoms with Crippen LogP contribution in [0.3, 0.4) is 0 Å². The molecule has 0 saturated carbocycles. The van der Waals surface area contributed by atoms with Crippen LogP contribution in [0.5, 0.6) is 0 Å². The Labute approximate surface area is 218 Å². The SMILES string of the molecule is C=CC(=O)N1C[C@@]([Si-])(n2nc(C#Cc3ccc4c(n3)nc(C)n4CC)c(C(N)=O)c2NC)C[C@@H]1COC. The summed E-state index contributed by atoms with van der Waals surface area (Å²) in [5, 5.41) is 6.84. The summed E-state index contributed by atoms with van der Waals surface area (Å²) in [6.07, 6.45) is 1.74. The molecule has 3 aromatic rings. The van der Waals surface area contributed by atoms with E-state index in [0.717, 1.165) is 17.9 Å². The van der Waals surface area contributed by atoms with Crippen LogP contribution < -0.4 is 11.1 Å². The average molecular weight is 518 g/mol. The molecule has 37 heavy (non-hydrogen) atoms. The molecule has 0 aliphatic carbocycles. The number of hydrogen-bond donors (Lipinski definition) is 2. The van der Waals surface area contributed by atoms with Crippen LogP contribution in [0.15, 0.2) is 24.8 Å². The number of primary amides is 1. The van der Waals surface area contributed by atoms with Crippen LogP contribution in [0, 0.1) is 18.8 Å². The second kappa shape index (κ2) is 10.2. The van der Waals surface area contributed by atoms with Gasteiger partial charge in [0.25, 0.3) is 5.91 Å². The minimum absolute atomic E-state index is 0.150. The number of nitrogens with zero attached hydrogens (tertiary/aromatic N) is 6. The molecule has 0 bridgehead atoms. The Hall–Kier alpha value is -3.95. The molecule has 3 N–H and O–H groups in total. The van der Waals surface area contributed by atoms with Crippen molar-refractivity contribution < 1.29 is 14.3 Å². The summed E-state index contributed by atoms with van der Waals surface area (Å²) in [4.78, 5) is 35.8. The number of ether oxygens (including phenoxy) is 1. The third-order valence-corrected chi connectivity index (χ3v) is 7.04. The van der Waals surface area contributed by atoms with E-state index in [1.807, 2.05) is 19.9 Å². The fourth-order valence-corrected chi connectivity index (χ4v) is 5.41. The van der Waals surface area contributed by atoms with Gasteiger partial charge in [-0.25, -0.2) is 9.97 Å². The number of hydrogen-bond acceptors (Lipinski definition) is 7. The number of anilines is 1. The molecule has 11 nitrogen and oxygen atoms in total. The maximum atomic E-state index is 12.5. The van der Waals surface area contributed by atoms with E-state index in [1.165, 1.54) is 6.08 Å². The van der Waals surface area contributed by atoms with E-state index in [1.54, 1.807) is 29.8 Å². The highest BCUT2D eigenvalue weighted by Crippen LogP contribution is 2.35. The Morgan fingerprint density at radius 1 is 1.38 bits per heavy atom. The zero-order valence-corrected chi connectivity index (χ0v) is 22.3. The van der Waals surface area contributed by atoms with Gasteiger partial charge in [-0.3, -0.25) is 14.3 Å². The van der Waals surface area contributed by atoms with E-state index in [9.17, 15) is 9.59 Å². The Balaban J connectivity index is 1.77. The first-order valence-corrected chi connectivity index (χ1v) is 12.3. The topological polar surface area (TPSA) is 133 Å². The second-order valence-corrected chi connectivity index (χ2v) is 9.74. The lowest BCUT2D eigenvalue weighted by Crippen LogP contribution is -2.41. The molecule has 192 valence electrons. The predicted molar refractivity (Wildman–Crippen MR) is 140 cm³/mol. The van der Waals surface area contributed by atoms with Gasteiger partial charge >= 0.3 is 0 Å². The summed E-state index contributed by atoms with van der Waals surface area (Å²) in [6.45, 7) is 8.97. The Kier molecular flexibility index (Phi) is 7.20. The lowest BCUT2D eigenvalue weighted by Gasteiger charge is -2.39. The largest absolute Gasteiger partial charge is 0.630 e. The standard InChI is InChI=1S/C25H29N8O3Si/c1-6-20(34)32-14-25(37,12-17(32)13-36-5)33-24(27-4)21(22(26)35)18(30-33)10-8-16-9-11-19-23(29-16)28-15(3)31(19)7-2/h6,9,11,17,27H,1,7,12-14H2,2-5H3,(H2,26,35)/q-1/t17-,25-/m1/s1. The number of amides is 2. The Morgan fingerprint density at radius 3 is 2.76 bits per heavy atom. The number of aryl methyl sites for hydroxylation is 2. The number of methoxy groups -OCH3 is 1. The number of aromatic nitrogens is 5. The molecule has 12 heteroatoms. The van der Waals surface area contributed by atoms with Crippen LogP contribution in [0.1, 0.15) is 40.9 Å². The molecule has 4 heterocycles. The lowest BCUT2D eigenvalue weighted by atomic mass is 10.1. The van der Waals surface area contributed by atoms with Crippen LogP contribution in [-0.2, 0) is 21.2 Å². The molecule has 1 aliphatic rings. The van der Waals surface area contributed by atoms with E-state index < -0.39 is 11.1 Å². The van der Waals surface area contributed by atoms with Crippen molar-refractivity contribution in [2.24, 2.45) is 5.73 Å².